The van der Waals surface area contributed by atoms with Gasteiger partial charge in [0, 0.05) is 53.1 Å². The molecule has 2 saturated heterocycles. The second kappa shape index (κ2) is 24.2. The number of ketones is 2. The molecule has 0 bridgehead atoms. The van der Waals surface area contributed by atoms with E-state index in [2.05, 4.69) is 39.4 Å². The number of carbonyl (C=O) groups is 9. The van der Waals surface area contributed by atoms with Crippen molar-refractivity contribution < 1.29 is 72.3 Å². The molecule has 4 unspecified atom stereocenters. The van der Waals surface area contributed by atoms with E-state index in [9.17, 15) is 53.4 Å². The fraction of sp³-hybridized carbons (Fsp3) is 0.333. The molecule has 76 heavy (non-hydrogen) atoms. The minimum atomic E-state index is -1.50. The highest BCUT2D eigenvalue weighted by molar-refractivity contribution is 8.76. The first-order valence-electron chi connectivity index (χ1n) is 22.9. The monoisotopic (exact) mass is 1090 g/mol. The number of aliphatic imine (C=N–C) groups is 1. The van der Waals surface area contributed by atoms with E-state index in [-0.39, 0.29) is 83.1 Å². The number of primary amides is 1. The van der Waals surface area contributed by atoms with E-state index in [4.69, 9.17) is 41.9 Å². The van der Waals surface area contributed by atoms with Crippen LogP contribution in [0.15, 0.2) is 118 Å². The highest BCUT2D eigenvalue weighted by Crippen LogP contribution is 2.60. The lowest BCUT2D eigenvalue weighted by Gasteiger charge is -2.40. The van der Waals surface area contributed by atoms with E-state index in [1.807, 2.05) is 0 Å². The molecule has 26 nitrogen and oxygen atoms in total. The Balaban J connectivity index is 0.943. The van der Waals surface area contributed by atoms with Crippen LogP contribution in [0.5, 0.6) is 0 Å². The molecular formula is C48H55N11O15S2. The Hall–Kier alpha value is -8.50. The van der Waals surface area contributed by atoms with Crippen molar-refractivity contribution in [3.63, 3.8) is 0 Å². The minimum absolute atomic E-state index is 0.0375. The van der Waals surface area contributed by atoms with Gasteiger partial charge in [0.25, 0.3) is 11.8 Å². The molecule has 2 aromatic rings. The maximum Gasteiger partial charge on any atom is 0.410 e. The van der Waals surface area contributed by atoms with E-state index in [0.29, 0.717) is 16.1 Å². The lowest BCUT2D eigenvalue weighted by Crippen LogP contribution is -2.56. The van der Waals surface area contributed by atoms with Crippen LogP contribution in [0.3, 0.4) is 0 Å². The van der Waals surface area contributed by atoms with Crippen LogP contribution in [0.1, 0.15) is 35.7 Å². The molecule has 2 fully saturated rings. The van der Waals surface area contributed by atoms with Gasteiger partial charge in [0.05, 0.1) is 42.8 Å². The third kappa shape index (κ3) is 12.4. The van der Waals surface area contributed by atoms with E-state index < -0.39 is 102 Å². The molecule has 2 aromatic carbocycles. The Labute approximate surface area is 441 Å². The molecular weight excluding hydrogens is 1030 g/mol. The number of fused-ring (bicyclic) bond motifs is 4. The van der Waals surface area contributed by atoms with E-state index in [1.165, 1.54) is 67.2 Å². The number of methoxy groups -OCH3 is 2. The van der Waals surface area contributed by atoms with Crippen molar-refractivity contribution in [3.05, 3.63) is 119 Å². The highest BCUT2D eigenvalue weighted by atomic mass is 33.1. The number of hydrogen-bond donors (Lipinski definition) is 10. The van der Waals surface area contributed by atoms with E-state index in [0.717, 1.165) is 10.8 Å². The van der Waals surface area contributed by atoms with Gasteiger partial charge in [0.15, 0.2) is 17.2 Å². The number of nitrogens with one attached hydrogen (secondary N) is 4. The zero-order valence-corrected chi connectivity index (χ0v) is 42.7. The number of Topliss-reactive ketones (excluding diaryl/α,β-unsaturated/α-hetero) is 2. The van der Waals surface area contributed by atoms with Gasteiger partial charge in [-0.05, 0) is 61.4 Å². The van der Waals surface area contributed by atoms with Crippen molar-refractivity contribution in [1.29, 1.82) is 0 Å². The molecule has 3 aliphatic heterocycles. The predicted octanol–water partition coefficient (Wildman–Crippen LogP) is 0.730. The lowest BCUT2D eigenvalue weighted by atomic mass is 9.83. The Morgan fingerprint density at radius 1 is 0.934 bits per heavy atom. The molecule has 404 valence electrons. The molecule has 3 heterocycles. The number of nitrogens with two attached hydrogens (primary N) is 4. The smallest absolute Gasteiger partial charge is 0.410 e. The number of carboxylic acid groups (broad SMARTS) is 2. The number of ether oxygens (including phenoxy) is 4. The summed E-state index contributed by atoms with van der Waals surface area (Å²) in [6, 6.07) is 8.71. The summed E-state index contributed by atoms with van der Waals surface area (Å²) in [5.41, 5.74) is 21.8. The normalized spacial score (nSPS) is 20.0. The number of amides is 5. The molecule has 0 saturated carbocycles. The molecule has 5 amide bonds. The molecule has 28 heteroatoms. The van der Waals surface area contributed by atoms with Crippen LogP contribution in [0, 0.1) is 5.92 Å². The Morgan fingerprint density at radius 2 is 1.61 bits per heavy atom. The van der Waals surface area contributed by atoms with Gasteiger partial charge < -0.3 is 78.3 Å². The topological polar surface area (TPSA) is 402 Å². The fourth-order valence-corrected chi connectivity index (χ4v) is 11.0. The number of carboxylic acids is 2. The van der Waals surface area contributed by atoms with Crippen LogP contribution in [0.4, 0.5) is 15.3 Å². The summed E-state index contributed by atoms with van der Waals surface area (Å²) < 4.78 is 22.1. The zero-order valence-electron chi connectivity index (χ0n) is 41.1. The number of carbonyl (C=O) groups excluding carboxylic acids is 7. The molecule has 0 spiro atoms. The Morgan fingerprint density at radius 3 is 2.18 bits per heavy atom. The molecule has 0 aromatic heterocycles. The number of anilines is 1. The summed E-state index contributed by atoms with van der Waals surface area (Å²) in [6.45, 7) is 8.12. The standard InChI is InChI=1S/C48H55N11O15S2/c1-6-26(55-35(41(50)51)43(64)54-23(3)49)17-53-27-11-9-25(10-12-27)42(63)57-30(44(65)66)15-16-33(60)56-31(45(67)68)21-75-76-28-13-7-24(8-14-28)19-74-47(70)59-32-18-58-36-34(38(62)39(71-4)22(2)37(36)61)29(20-73-46(52)69)48(58,72-5)40(32)59/h6-14,29-32,40,53H,1,3,15-21,49-51H2,2,4-5H3,(H2,52,69)(H,54,64)(H,56,60)(H,57,63)(H,65,66)(H,67,68)/b55-26+/t29?,30?,31?,32?,40-,48+,59?/m0/s1. The second-order valence-corrected chi connectivity index (χ2v) is 19.6. The molecule has 0 radical (unpaired) electrons. The summed E-state index contributed by atoms with van der Waals surface area (Å²) in [4.78, 5) is 123. The minimum Gasteiger partial charge on any atom is -0.492 e. The first kappa shape index (κ1) is 56.8. The van der Waals surface area contributed by atoms with Gasteiger partial charge in [0.1, 0.15) is 37.2 Å². The van der Waals surface area contributed by atoms with E-state index >= 15 is 0 Å². The maximum atomic E-state index is 13.7. The summed E-state index contributed by atoms with van der Waals surface area (Å²) in [5, 5.41) is 29.7. The van der Waals surface area contributed by atoms with Gasteiger partial charge in [-0.1, -0.05) is 46.9 Å². The van der Waals surface area contributed by atoms with Crippen molar-refractivity contribution in [2.24, 2.45) is 33.8 Å². The van der Waals surface area contributed by atoms with Crippen LogP contribution in [-0.4, -0.2) is 149 Å². The third-order valence-corrected chi connectivity index (χ3v) is 14.8. The summed E-state index contributed by atoms with van der Waals surface area (Å²) in [7, 11) is 4.98. The number of piperazine rings is 1. The molecule has 14 N–H and O–H groups in total. The van der Waals surface area contributed by atoms with Gasteiger partial charge in [-0.25, -0.2) is 24.2 Å². The van der Waals surface area contributed by atoms with Crippen LogP contribution < -0.4 is 44.2 Å². The number of benzene rings is 2. The number of hydrogen-bond acceptors (Lipinski definition) is 21. The second-order valence-electron chi connectivity index (χ2n) is 17.2. The van der Waals surface area contributed by atoms with Crippen molar-refractivity contribution in [2.45, 2.75) is 61.2 Å². The number of aliphatic carboxylic acids is 2. The SMILES string of the molecule is C=C/C(CNc1ccc(C(=O)NC(CCC(=O)NC(CSSc2ccc(COC(=O)N3C4CN5C6=C(C(=O)C(OC)=C(C)C6=O)C(COC(N)=O)[C@@]5(OC)[C@H]43)cc2)C(=O)O)C(=O)O)cc1)=N\C(C(=O)NC(=C)N)=C(N)N. The van der Waals surface area contributed by atoms with E-state index in [1.54, 1.807) is 29.2 Å². The van der Waals surface area contributed by atoms with Crippen molar-refractivity contribution in [1.82, 2.24) is 25.8 Å². The van der Waals surface area contributed by atoms with Crippen molar-refractivity contribution >= 4 is 86.4 Å². The van der Waals surface area contributed by atoms with Gasteiger partial charge in [-0.15, -0.1) is 0 Å². The molecule has 4 aliphatic rings. The summed E-state index contributed by atoms with van der Waals surface area (Å²) in [5.74, 6) is -7.85. The third-order valence-electron chi connectivity index (χ3n) is 12.4. The fourth-order valence-electron chi connectivity index (χ4n) is 8.86. The molecule has 6 rings (SSSR count). The number of nitrogens with zero attached hydrogens (tertiary/aromatic N) is 3. The van der Waals surface area contributed by atoms with Crippen LogP contribution >= 0.6 is 21.6 Å². The van der Waals surface area contributed by atoms with Crippen LogP contribution in [0.2, 0.25) is 0 Å². The summed E-state index contributed by atoms with van der Waals surface area (Å²) in [6.07, 6.45) is -1.23. The Kier molecular flexibility index (Phi) is 18.1. The maximum absolute atomic E-state index is 13.7. The molecule has 1 aliphatic carbocycles. The van der Waals surface area contributed by atoms with Gasteiger partial charge in [-0.3, -0.25) is 28.9 Å². The van der Waals surface area contributed by atoms with Crippen LogP contribution in [-0.2, 0) is 54.3 Å². The quantitative estimate of drug-likeness (QED) is 0.0215. The van der Waals surface area contributed by atoms with Crippen molar-refractivity contribution in [3.8, 4) is 0 Å². The van der Waals surface area contributed by atoms with Gasteiger partial charge in [0.2, 0.25) is 17.5 Å². The number of rotatable bonds is 25. The average Bonchev–Trinajstić information content (AvgIpc) is 4.13. The van der Waals surface area contributed by atoms with Crippen LogP contribution in [0.25, 0.3) is 0 Å². The summed E-state index contributed by atoms with van der Waals surface area (Å²) >= 11 is 0. The average molecular weight is 1090 g/mol. The van der Waals surface area contributed by atoms with Gasteiger partial charge in [-0.2, -0.15) is 0 Å². The first-order valence-corrected chi connectivity index (χ1v) is 25.2. The van der Waals surface area contributed by atoms with Crippen molar-refractivity contribution in [2.75, 3.05) is 45.0 Å². The highest BCUT2D eigenvalue weighted by Gasteiger charge is 2.78. The first-order chi connectivity index (χ1) is 36.1. The number of allylic oxidation sites excluding steroid dienone is 2. The Bertz CT molecular complexity index is 2870. The predicted molar refractivity (Wildman–Crippen MR) is 274 cm³/mol. The molecule has 6 atom stereocenters. The lowest BCUT2D eigenvalue weighted by molar-refractivity contribution is -0.144. The zero-order chi connectivity index (χ0) is 55.8. The van der Waals surface area contributed by atoms with Gasteiger partial charge >= 0.3 is 24.1 Å². The largest absolute Gasteiger partial charge is 0.492 e.